The lowest BCUT2D eigenvalue weighted by molar-refractivity contribution is -0.115. The molecule has 0 radical (unpaired) electrons. The highest BCUT2D eigenvalue weighted by Gasteiger charge is 2.16. The Morgan fingerprint density at radius 3 is 2.44 bits per heavy atom. The summed E-state index contributed by atoms with van der Waals surface area (Å²) < 4.78 is 5.74. The molecule has 36 heavy (non-hydrogen) atoms. The van der Waals surface area contributed by atoms with Crippen molar-refractivity contribution in [1.29, 1.82) is 0 Å². The molecule has 9 heteroatoms. The molecule has 0 fully saturated rings. The number of benzene rings is 3. The topological polar surface area (TPSA) is 71.3 Å². The number of carbonyl (C=O) groups excluding carboxylic acids is 2. The van der Waals surface area contributed by atoms with Gasteiger partial charge in [0.2, 0.25) is 5.91 Å². The number of carbonyl (C=O) groups is 2. The second kappa shape index (κ2) is 11.5. The summed E-state index contributed by atoms with van der Waals surface area (Å²) in [6.07, 6.45) is 2.76. The van der Waals surface area contributed by atoms with E-state index in [4.69, 9.17) is 51.4 Å². The van der Waals surface area contributed by atoms with Crippen molar-refractivity contribution in [1.82, 2.24) is 5.32 Å². The van der Waals surface area contributed by atoms with Crippen molar-refractivity contribution in [2.45, 2.75) is 0 Å². The Kier molecular flexibility index (Phi) is 8.23. The Hall–Kier alpha value is -3.42. The molecular formula is C27H17Cl3N2O3S. The first-order valence-corrected chi connectivity index (χ1v) is 12.1. The molecular weight excluding hydrogens is 539 g/mol. The zero-order valence-corrected chi connectivity index (χ0v) is 21.5. The molecule has 5 nitrogen and oxygen atoms in total. The molecule has 2 N–H and O–H groups in total. The van der Waals surface area contributed by atoms with Gasteiger partial charge in [-0.25, -0.2) is 0 Å². The molecule has 1 heterocycles. The van der Waals surface area contributed by atoms with Gasteiger partial charge < -0.3 is 9.73 Å². The van der Waals surface area contributed by atoms with Crippen LogP contribution in [0.2, 0.25) is 15.1 Å². The number of furan rings is 1. The van der Waals surface area contributed by atoms with Crippen LogP contribution in [0.4, 0.5) is 5.69 Å². The maximum Gasteiger partial charge on any atom is 0.250 e. The van der Waals surface area contributed by atoms with Crippen LogP contribution in [-0.2, 0) is 4.79 Å². The molecule has 0 spiro atoms. The lowest BCUT2D eigenvalue weighted by atomic mass is 10.0. The van der Waals surface area contributed by atoms with Crippen LogP contribution in [0.1, 0.15) is 21.7 Å². The Balaban J connectivity index is 1.42. The molecule has 4 rings (SSSR count). The first kappa shape index (κ1) is 25.7. The minimum absolute atomic E-state index is 0.0138. The van der Waals surface area contributed by atoms with E-state index in [0.29, 0.717) is 49.0 Å². The summed E-state index contributed by atoms with van der Waals surface area (Å²) in [7, 11) is 0. The molecule has 3 aromatic carbocycles. The predicted octanol–water partition coefficient (Wildman–Crippen LogP) is 7.66. The molecule has 0 bridgehead atoms. The number of thiocarbonyl (C=S) groups is 1. The number of ketones is 1. The van der Waals surface area contributed by atoms with Crippen LogP contribution in [0, 0.1) is 0 Å². The number of hydrogen-bond acceptors (Lipinski definition) is 4. The number of halogens is 3. The molecule has 0 saturated carbocycles. The molecule has 0 aliphatic heterocycles. The fourth-order valence-corrected chi connectivity index (χ4v) is 4.08. The number of rotatable bonds is 6. The monoisotopic (exact) mass is 554 g/mol. The number of amides is 1. The van der Waals surface area contributed by atoms with Crippen LogP contribution in [-0.4, -0.2) is 16.8 Å². The van der Waals surface area contributed by atoms with Crippen molar-refractivity contribution in [2.24, 2.45) is 0 Å². The van der Waals surface area contributed by atoms with Gasteiger partial charge in [0.25, 0.3) is 0 Å². The predicted molar refractivity (Wildman–Crippen MR) is 149 cm³/mol. The highest BCUT2D eigenvalue weighted by atomic mass is 35.5. The van der Waals surface area contributed by atoms with E-state index in [0.717, 1.165) is 0 Å². The second-order valence-electron chi connectivity index (χ2n) is 7.47. The van der Waals surface area contributed by atoms with Crippen LogP contribution >= 0.6 is 47.0 Å². The van der Waals surface area contributed by atoms with Crippen molar-refractivity contribution < 1.29 is 14.0 Å². The second-order valence-corrected chi connectivity index (χ2v) is 9.10. The lowest BCUT2D eigenvalue weighted by Crippen LogP contribution is -2.33. The van der Waals surface area contributed by atoms with Crippen LogP contribution in [0.3, 0.4) is 0 Å². The maximum atomic E-state index is 13.0. The Morgan fingerprint density at radius 2 is 1.67 bits per heavy atom. The molecule has 0 atom stereocenters. The largest absolute Gasteiger partial charge is 0.457 e. The van der Waals surface area contributed by atoms with Crippen LogP contribution in [0.5, 0.6) is 0 Å². The Labute approximate surface area is 227 Å². The molecule has 180 valence electrons. The highest BCUT2D eigenvalue weighted by molar-refractivity contribution is 7.80. The molecule has 0 unspecified atom stereocenters. The summed E-state index contributed by atoms with van der Waals surface area (Å²) in [6, 6.07) is 22.2. The summed E-state index contributed by atoms with van der Waals surface area (Å²) in [5, 5.41) is 6.64. The average Bonchev–Trinajstić information content (AvgIpc) is 3.34. The fourth-order valence-electron chi connectivity index (χ4n) is 3.30. The summed E-state index contributed by atoms with van der Waals surface area (Å²) in [6.45, 7) is 0. The van der Waals surface area contributed by atoms with Gasteiger partial charge in [-0.15, -0.1) is 0 Å². The Bertz CT molecular complexity index is 1480. The third-order valence-electron chi connectivity index (χ3n) is 4.99. The van der Waals surface area contributed by atoms with Crippen LogP contribution in [0.15, 0.2) is 89.4 Å². The van der Waals surface area contributed by atoms with Gasteiger partial charge in [0, 0.05) is 27.8 Å². The number of nitrogens with one attached hydrogen (secondary N) is 2. The Morgan fingerprint density at radius 1 is 0.889 bits per heavy atom. The van der Waals surface area contributed by atoms with Gasteiger partial charge in [-0.05, 0) is 60.8 Å². The van der Waals surface area contributed by atoms with E-state index in [2.05, 4.69) is 10.6 Å². The SMILES string of the molecule is O=C(C=Cc1ccc(-c2cccc(Cl)c2Cl)o1)NC(=S)Nc1ccc(Cl)cc1C(=O)c1ccccc1. The lowest BCUT2D eigenvalue weighted by Gasteiger charge is -2.13. The van der Waals surface area contributed by atoms with Gasteiger partial charge in [0.15, 0.2) is 10.9 Å². The van der Waals surface area contributed by atoms with Crippen LogP contribution in [0.25, 0.3) is 17.4 Å². The van der Waals surface area contributed by atoms with E-state index in [1.54, 1.807) is 72.8 Å². The van der Waals surface area contributed by atoms with Crippen molar-refractivity contribution in [3.63, 3.8) is 0 Å². The summed E-state index contributed by atoms with van der Waals surface area (Å²) in [4.78, 5) is 25.4. The summed E-state index contributed by atoms with van der Waals surface area (Å²) in [5.41, 5.74) is 1.88. The zero-order valence-electron chi connectivity index (χ0n) is 18.4. The van der Waals surface area contributed by atoms with E-state index in [9.17, 15) is 9.59 Å². The molecule has 1 aromatic heterocycles. The first-order valence-electron chi connectivity index (χ1n) is 10.6. The third kappa shape index (κ3) is 6.22. The van der Waals surface area contributed by atoms with Gasteiger partial charge in [0.1, 0.15) is 11.5 Å². The van der Waals surface area contributed by atoms with Crippen LogP contribution < -0.4 is 10.6 Å². The van der Waals surface area contributed by atoms with E-state index in [1.165, 1.54) is 12.2 Å². The van der Waals surface area contributed by atoms with E-state index in [1.807, 2.05) is 6.07 Å². The quantitative estimate of drug-likeness (QED) is 0.145. The summed E-state index contributed by atoms with van der Waals surface area (Å²) >= 11 is 23.7. The van der Waals surface area contributed by atoms with Crippen molar-refractivity contribution >= 4 is 75.6 Å². The van der Waals surface area contributed by atoms with Crippen molar-refractivity contribution in [3.8, 4) is 11.3 Å². The molecule has 0 aliphatic rings. The van der Waals surface area contributed by atoms with E-state index in [-0.39, 0.29) is 10.9 Å². The average molecular weight is 556 g/mol. The smallest absolute Gasteiger partial charge is 0.250 e. The fraction of sp³-hybridized carbons (Fsp3) is 0. The molecule has 0 aliphatic carbocycles. The molecule has 4 aromatic rings. The van der Waals surface area contributed by atoms with E-state index < -0.39 is 5.91 Å². The van der Waals surface area contributed by atoms with Gasteiger partial charge in [-0.3, -0.25) is 14.9 Å². The summed E-state index contributed by atoms with van der Waals surface area (Å²) in [5.74, 6) is 0.223. The van der Waals surface area contributed by atoms with Gasteiger partial charge >= 0.3 is 0 Å². The van der Waals surface area contributed by atoms with Gasteiger partial charge in [-0.2, -0.15) is 0 Å². The number of hydrogen-bond donors (Lipinski definition) is 2. The minimum Gasteiger partial charge on any atom is -0.457 e. The number of anilines is 1. The zero-order chi connectivity index (χ0) is 25.7. The third-order valence-corrected chi connectivity index (χ3v) is 6.25. The van der Waals surface area contributed by atoms with Gasteiger partial charge in [-0.1, -0.05) is 71.2 Å². The van der Waals surface area contributed by atoms with Gasteiger partial charge in [0.05, 0.1) is 15.7 Å². The molecule has 0 saturated heterocycles. The maximum absolute atomic E-state index is 13.0. The normalized spacial score (nSPS) is 10.9. The minimum atomic E-state index is -0.490. The van der Waals surface area contributed by atoms with Crippen molar-refractivity contribution in [2.75, 3.05) is 5.32 Å². The molecule has 1 amide bonds. The van der Waals surface area contributed by atoms with E-state index >= 15 is 0 Å². The highest BCUT2D eigenvalue weighted by Crippen LogP contribution is 2.34. The standard InChI is InChI=1S/C27H17Cl3N2O3S/c28-17-9-12-22(20(15-17)26(34)16-5-2-1-3-6-16)31-27(36)32-24(33)14-11-18-10-13-23(35-18)19-7-4-8-21(29)25(19)30/h1-15H,(H2,31,32,33,36). The first-order chi connectivity index (χ1) is 17.3. The van der Waals surface area contributed by atoms with Crippen molar-refractivity contribution in [3.05, 3.63) is 117 Å².